The normalized spacial score (nSPS) is 13.9. The molecule has 0 spiro atoms. The number of nitrogen functional groups attached to an aromatic ring is 1. The Morgan fingerprint density at radius 2 is 1.74 bits per heavy atom. The number of piperidine rings is 1. The molecule has 5 rings (SSSR count). The van der Waals surface area contributed by atoms with E-state index in [-0.39, 0.29) is 23.8 Å². The van der Waals surface area contributed by atoms with Gasteiger partial charge in [0.05, 0.1) is 17.9 Å². The summed E-state index contributed by atoms with van der Waals surface area (Å²) in [5.41, 5.74) is 8.79. The van der Waals surface area contributed by atoms with Gasteiger partial charge in [-0.2, -0.15) is 0 Å². The van der Waals surface area contributed by atoms with Gasteiger partial charge >= 0.3 is 12.1 Å². The number of aromatic amines is 1. The maximum atomic E-state index is 13.2. The SMILES string of the molecule is CC(C)(C)OC(=O)c1cc2ccc(NC(=O)c3ccc(N)cc3NC(=O)OCC3CCN(c4ccncc4)CC3)cc2[nH]1. The zero-order chi connectivity index (χ0) is 30.6. The fraction of sp³-hybridized carbons (Fsp3) is 0.312. The maximum Gasteiger partial charge on any atom is 0.411 e. The lowest BCUT2D eigenvalue weighted by molar-refractivity contribution is 0.00637. The smallest absolute Gasteiger partial charge is 0.411 e. The van der Waals surface area contributed by atoms with Gasteiger partial charge in [0.2, 0.25) is 0 Å². The molecule has 1 aliphatic heterocycles. The van der Waals surface area contributed by atoms with Crippen LogP contribution in [0.3, 0.4) is 0 Å². The van der Waals surface area contributed by atoms with Crippen molar-refractivity contribution in [1.29, 1.82) is 0 Å². The van der Waals surface area contributed by atoms with Crippen molar-refractivity contribution in [3.63, 3.8) is 0 Å². The molecule has 11 nitrogen and oxygen atoms in total. The molecule has 3 heterocycles. The molecule has 2 aromatic carbocycles. The van der Waals surface area contributed by atoms with Gasteiger partial charge in [-0.15, -0.1) is 0 Å². The third-order valence-electron chi connectivity index (χ3n) is 7.12. The van der Waals surface area contributed by atoms with Gasteiger partial charge < -0.3 is 30.4 Å². The Bertz CT molecular complexity index is 1620. The molecule has 5 N–H and O–H groups in total. The van der Waals surface area contributed by atoms with Gasteiger partial charge in [-0.25, -0.2) is 9.59 Å². The van der Waals surface area contributed by atoms with Crippen LogP contribution in [-0.2, 0) is 9.47 Å². The van der Waals surface area contributed by atoms with Crippen LogP contribution in [0.4, 0.5) is 27.5 Å². The number of amides is 2. The highest BCUT2D eigenvalue weighted by Gasteiger charge is 2.22. The molecule has 4 aromatic rings. The number of carbonyl (C=O) groups is 3. The highest BCUT2D eigenvalue weighted by Crippen LogP contribution is 2.26. The number of carbonyl (C=O) groups excluding carboxylic acids is 3. The summed E-state index contributed by atoms with van der Waals surface area (Å²) in [6, 6.07) is 15.6. The molecular formula is C32H36N6O5. The van der Waals surface area contributed by atoms with Crippen LogP contribution in [0.5, 0.6) is 0 Å². The lowest BCUT2D eigenvalue weighted by Crippen LogP contribution is -2.35. The molecule has 0 bridgehead atoms. The lowest BCUT2D eigenvalue weighted by Gasteiger charge is -2.33. The number of hydrogen-bond donors (Lipinski definition) is 4. The van der Waals surface area contributed by atoms with E-state index in [0.29, 0.717) is 22.6 Å². The molecule has 0 atom stereocenters. The summed E-state index contributed by atoms with van der Waals surface area (Å²) in [6.45, 7) is 7.43. The number of nitrogens with zero attached hydrogens (tertiary/aromatic N) is 2. The first-order chi connectivity index (χ1) is 20.5. The molecule has 43 heavy (non-hydrogen) atoms. The van der Waals surface area contributed by atoms with Gasteiger partial charge in [0.25, 0.3) is 5.91 Å². The molecule has 0 unspecified atom stereocenters. The number of fused-ring (bicyclic) bond motifs is 1. The Kier molecular flexibility index (Phi) is 8.51. The number of rotatable bonds is 7. The van der Waals surface area contributed by atoms with Gasteiger partial charge in [-0.1, -0.05) is 6.07 Å². The van der Waals surface area contributed by atoms with Gasteiger partial charge in [0.1, 0.15) is 11.3 Å². The third kappa shape index (κ3) is 7.62. The quantitative estimate of drug-likeness (QED) is 0.157. The van der Waals surface area contributed by atoms with Crippen molar-refractivity contribution in [3.05, 3.63) is 78.2 Å². The van der Waals surface area contributed by atoms with Gasteiger partial charge in [0, 0.05) is 53.4 Å². The summed E-state index contributed by atoms with van der Waals surface area (Å²) < 4.78 is 11.0. The maximum absolute atomic E-state index is 13.2. The van der Waals surface area contributed by atoms with Crippen molar-refractivity contribution in [1.82, 2.24) is 9.97 Å². The molecule has 0 aliphatic carbocycles. The van der Waals surface area contributed by atoms with Crippen molar-refractivity contribution in [2.45, 2.75) is 39.2 Å². The number of pyridine rings is 1. The number of esters is 1. The summed E-state index contributed by atoms with van der Waals surface area (Å²) in [6.07, 6.45) is 4.70. The second-order valence-corrected chi connectivity index (χ2v) is 11.6. The van der Waals surface area contributed by atoms with Crippen LogP contribution in [0.2, 0.25) is 0 Å². The number of nitrogens with one attached hydrogen (secondary N) is 3. The van der Waals surface area contributed by atoms with Crippen molar-refractivity contribution >= 4 is 51.6 Å². The summed E-state index contributed by atoms with van der Waals surface area (Å²) in [7, 11) is 0. The van der Waals surface area contributed by atoms with Crippen molar-refractivity contribution < 1.29 is 23.9 Å². The van der Waals surface area contributed by atoms with E-state index in [0.717, 1.165) is 37.0 Å². The molecule has 0 saturated carbocycles. The number of nitrogens with two attached hydrogens (primary N) is 1. The molecule has 1 aliphatic rings. The van der Waals surface area contributed by atoms with Crippen molar-refractivity contribution in [2.24, 2.45) is 5.92 Å². The van der Waals surface area contributed by atoms with E-state index in [1.165, 1.54) is 6.07 Å². The predicted octanol–water partition coefficient (Wildman–Crippen LogP) is 5.82. The van der Waals surface area contributed by atoms with E-state index < -0.39 is 23.6 Å². The largest absolute Gasteiger partial charge is 0.455 e. The van der Waals surface area contributed by atoms with E-state index in [1.54, 1.807) is 69.6 Å². The molecule has 1 fully saturated rings. The van der Waals surface area contributed by atoms with Crippen LogP contribution in [0.15, 0.2) is 67.0 Å². The second kappa shape index (κ2) is 12.4. The third-order valence-corrected chi connectivity index (χ3v) is 7.12. The van der Waals surface area contributed by atoms with Gasteiger partial charge in [-0.3, -0.25) is 15.1 Å². The number of ether oxygens (including phenoxy) is 2. The molecular weight excluding hydrogens is 548 g/mol. The van der Waals surface area contributed by atoms with Crippen molar-refractivity contribution in [3.8, 4) is 0 Å². The van der Waals surface area contributed by atoms with E-state index >= 15 is 0 Å². The Balaban J connectivity index is 1.18. The summed E-state index contributed by atoms with van der Waals surface area (Å²) in [5.74, 6) is -0.669. The first-order valence-corrected chi connectivity index (χ1v) is 14.2. The molecule has 11 heteroatoms. The first kappa shape index (κ1) is 29.4. The van der Waals surface area contributed by atoms with Crippen LogP contribution in [0, 0.1) is 5.92 Å². The minimum atomic E-state index is -0.654. The van der Waals surface area contributed by atoms with Crippen LogP contribution < -0.4 is 21.3 Å². The fourth-order valence-electron chi connectivity index (χ4n) is 4.96. The average molecular weight is 585 g/mol. The lowest BCUT2D eigenvalue weighted by atomic mass is 9.97. The summed E-state index contributed by atoms with van der Waals surface area (Å²) >= 11 is 0. The van der Waals surface area contributed by atoms with Crippen molar-refractivity contribution in [2.75, 3.05) is 41.0 Å². The van der Waals surface area contributed by atoms with Crippen LogP contribution in [0.25, 0.3) is 10.9 Å². The Labute approximate surface area is 249 Å². The Morgan fingerprint density at radius 1 is 1.00 bits per heavy atom. The van der Waals surface area contributed by atoms with E-state index in [1.807, 2.05) is 12.1 Å². The molecule has 0 radical (unpaired) electrons. The minimum Gasteiger partial charge on any atom is -0.455 e. The topological polar surface area (TPSA) is 152 Å². The molecule has 2 aromatic heterocycles. The van der Waals surface area contributed by atoms with E-state index in [2.05, 4.69) is 25.5 Å². The minimum absolute atomic E-state index is 0.220. The number of H-pyrrole nitrogens is 1. The number of anilines is 4. The number of aromatic nitrogens is 2. The van der Waals surface area contributed by atoms with Gasteiger partial charge in [0.15, 0.2) is 0 Å². The van der Waals surface area contributed by atoms with E-state index in [4.69, 9.17) is 15.2 Å². The highest BCUT2D eigenvalue weighted by atomic mass is 16.6. The van der Waals surface area contributed by atoms with Crippen LogP contribution in [-0.4, -0.2) is 53.2 Å². The Morgan fingerprint density at radius 3 is 2.47 bits per heavy atom. The number of hydrogen-bond acceptors (Lipinski definition) is 8. The first-order valence-electron chi connectivity index (χ1n) is 14.2. The zero-order valence-corrected chi connectivity index (χ0v) is 24.5. The van der Waals surface area contributed by atoms with E-state index in [9.17, 15) is 14.4 Å². The zero-order valence-electron chi connectivity index (χ0n) is 24.5. The van der Waals surface area contributed by atoms with Crippen LogP contribution in [0.1, 0.15) is 54.5 Å². The van der Waals surface area contributed by atoms with Gasteiger partial charge in [-0.05, 0) is 88.1 Å². The summed E-state index contributed by atoms with van der Waals surface area (Å²) in [4.78, 5) is 47.8. The fourth-order valence-corrected chi connectivity index (χ4v) is 4.96. The molecule has 1 saturated heterocycles. The number of benzene rings is 2. The van der Waals surface area contributed by atoms with Crippen LogP contribution >= 0.6 is 0 Å². The molecule has 224 valence electrons. The highest BCUT2D eigenvalue weighted by molar-refractivity contribution is 6.10. The summed E-state index contributed by atoms with van der Waals surface area (Å²) in [5, 5.41) is 6.32. The monoisotopic (exact) mass is 584 g/mol. The second-order valence-electron chi connectivity index (χ2n) is 11.6. The molecule has 2 amide bonds. The predicted molar refractivity (Wildman–Crippen MR) is 166 cm³/mol. The standard InChI is InChI=1S/C32H36N6O5/c1-32(2,3)43-30(40)28-16-21-4-6-23(18-26(21)36-28)35-29(39)25-7-5-22(33)17-27(25)37-31(41)42-19-20-10-14-38(15-11-20)24-8-12-34-13-9-24/h4-9,12-13,16-18,20,36H,10-11,14-15,19,33H2,1-3H3,(H,35,39)(H,37,41). The average Bonchev–Trinajstić information content (AvgIpc) is 3.40. The Hall–Kier alpha value is -5.06.